The summed E-state index contributed by atoms with van der Waals surface area (Å²) < 4.78 is 0.0568. The number of halogens is 2. The summed E-state index contributed by atoms with van der Waals surface area (Å²) in [6.07, 6.45) is 7.48. The molecule has 1 rings (SSSR count). The molecule has 10 heavy (non-hydrogen) atoms. The fraction of sp³-hybridized carbons (Fsp3) is 0.429. The lowest BCUT2D eigenvalue weighted by Crippen LogP contribution is -2.30. The molecule has 0 spiro atoms. The Bertz CT molecular complexity index is 167. The lowest BCUT2D eigenvalue weighted by atomic mass is 9.44. The summed E-state index contributed by atoms with van der Waals surface area (Å²) in [6, 6.07) is 0. The van der Waals surface area contributed by atoms with Gasteiger partial charge in [0.1, 0.15) is 0 Å². The molecule has 54 valence electrons. The van der Waals surface area contributed by atoms with Gasteiger partial charge in [-0.15, -0.1) is 5.98 Å². The Kier molecular flexibility index (Phi) is 2.81. The summed E-state index contributed by atoms with van der Waals surface area (Å²) in [5, 5.41) is 0. The predicted molar refractivity (Wildman–Crippen MR) is 55.1 cm³/mol. The van der Waals surface area contributed by atoms with E-state index in [0.29, 0.717) is 6.71 Å². The van der Waals surface area contributed by atoms with E-state index < -0.39 is 0 Å². The molecule has 0 aromatic rings. The van der Waals surface area contributed by atoms with Crippen LogP contribution in [0.4, 0.5) is 0 Å². The van der Waals surface area contributed by atoms with E-state index in [0.717, 1.165) is 6.32 Å². The highest BCUT2D eigenvalue weighted by molar-refractivity contribution is 9.26. The summed E-state index contributed by atoms with van der Waals surface area (Å²) in [7, 11) is 0. The summed E-state index contributed by atoms with van der Waals surface area (Å²) >= 11 is 7.14. The molecule has 3 heteroatoms. The smallest absolute Gasteiger partial charge is 0.112 e. The number of rotatable bonds is 1. The summed E-state index contributed by atoms with van der Waals surface area (Å²) in [5.74, 6) is 2.21. The molecule has 1 heterocycles. The molecule has 0 unspecified atom stereocenters. The standard InChI is InChI=1S/C7H9BBr2/c1-7(9,10)8-5-3-2-4-6-8/h2-5H,6H2,1H3. The molecule has 0 fully saturated rings. The maximum absolute atomic E-state index is 3.57. The first-order valence-electron chi connectivity index (χ1n) is 3.32. The fourth-order valence-corrected chi connectivity index (χ4v) is 1.64. The van der Waals surface area contributed by atoms with Crippen molar-refractivity contribution >= 4 is 38.6 Å². The van der Waals surface area contributed by atoms with Crippen LogP contribution < -0.4 is 0 Å². The van der Waals surface area contributed by atoms with Crippen LogP contribution in [0.5, 0.6) is 0 Å². The minimum Gasteiger partial charge on any atom is -0.112 e. The Morgan fingerprint density at radius 2 is 2.10 bits per heavy atom. The Labute approximate surface area is 79.1 Å². The van der Waals surface area contributed by atoms with E-state index in [-0.39, 0.29) is 3.13 Å². The maximum atomic E-state index is 3.57. The molecule has 0 amide bonds. The van der Waals surface area contributed by atoms with Crippen molar-refractivity contribution in [3.63, 3.8) is 0 Å². The topological polar surface area (TPSA) is 0 Å². The van der Waals surface area contributed by atoms with E-state index >= 15 is 0 Å². The zero-order chi connectivity index (χ0) is 7.61. The Balaban J connectivity index is 2.60. The third kappa shape index (κ3) is 2.28. The Morgan fingerprint density at radius 3 is 2.40 bits per heavy atom. The Morgan fingerprint density at radius 1 is 1.40 bits per heavy atom. The van der Waals surface area contributed by atoms with Crippen LogP contribution in [0.2, 0.25) is 6.32 Å². The highest BCUT2D eigenvalue weighted by Gasteiger charge is 2.29. The molecule has 0 nitrogen and oxygen atoms in total. The normalized spacial score (nSPS) is 18.1. The van der Waals surface area contributed by atoms with Crippen LogP contribution >= 0.6 is 31.9 Å². The summed E-state index contributed by atoms with van der Waals surface area (Å²) in [6.45, 7) is 2.69. The van der Waals surface area contributed by atoms with Crippen LogP contribution in [0, 0.1) is 0 Å². The predicted octanol–water partition coefficient (Wildman–Crippen LogP) is 3.19. The van der Waals surface area contributed by atoms with Gasteiger partial charge in [0.05, 0.1) is 3.13 Å². The minimum atomic E-state index is 0.0568. The lowest BCUT2D eigenvalue weighted by molar-refractivity contribution is 1.29. The van der Waals surface area contributed by atoms with Crippen molar-refractivity contribution in [1.29, 1.82) is 0 Å². The van der Waals surface area contributed by atoms with E-state index in [2.05, 4.69) is 63.0 Å². The average molecular weight is 264 g/mol. The van der Waals surface area contributed by atoms with Crippen molar-refractivity contribution in [3.05, 3.63) is 24.2 Å². The second-order valence-corrected chi connectivity index (χ2v) is 6.97. The third-order valence-electron chi connectivity index (χ3n) is 1.63. The number of allylic oxidation sites excluding steroid dienone is 3. The minimum absolute atomic E-state index is 0.0568. The van der Waals surface area contributed by atoms with Crippen LogP contribution in [0.1, 0.15) is 6.92 Å². The molecule has 0 bridgehead atoms. The SMILES string of the molecule is CC(Br)(Br)B1C=CC=CC1. The summed E-state index contributed by atoms with van der Waals surface area (Å²) in [5.41, 5.74) is 0. The summed E-state index contributed by atoms with van der Waals surface area (Å²) in [4.78, 5) is 0. The molecule has 1 aliphatic rings. The zero-order valence-corrected chi connectivity index (χ0v) is 9.02. The van der Waals surface area contributed by atoms with E-state index in [4.69, 9.17) is 0 Å². The van der Waals surface area contributed by atoms with E-state index in [9.17, 15) is 0 Å². The number of hydrogen-bond donors (Lipinski definition) is 0. The van der Waals surface area contributed by atoms with Crippen molar-refractivity contribution in [2.24, 2.45) is 0 Å². The van der Waals surface area contributed by atoms with Crippen LogP contribution in [-0.2, 0) is 0 Å². The molecule has 0 aliphatic carbocycles. The molecule has 0 N–H and O–H groups in total. The lowest BCUT2D eigenvalue weighted by Gasteiger charge is -2.20. The first kappa shape index (κ1) is 8.60. The van der Waals surface area contributed by atoms with Crippen LogP contribution in [-0.4, -0.2) is 9.85 Å². The van der Waals surface area contributed by atoms with Gasteiger partial charge in [0, 0.05) is 0 Å². The van der Waals surface area contributed by atoms with E-state index in [1.54, 1.807) is 0 Å². The second-order valence-electron chi connectivity index (χ2n) is 2.61. The number of hydrogen-bond acceptors (Lipinski definition) is 0. The van der Waals surface area contributed by atoms with Gasteiger partial charge in [0.25, 0.3) is 0 Å². The van der Waals surface area contributed by atoms with Gasteiger partial charge in [-0.25, -0.2) is 0 Å². The molecular formula is C7H9BBr2. The van der Waals surface area contributed by atoms with Gasteiger partial charge >= 0.3 is 0 Å². The van der Waals surface area contributed by atoms with Gasteiger partial charge in [-0.2, -0.15) is 0 Å². The molecule has 0 radical (unpaired) electrons. The average Bonchev–Trinajstić information content (AvgIpc) is 1.88. The molecule has 0 saturated carbocycles. The molecule has 0 atom stereocenters. The van der Waals surface area contributed by atoms with Gasteiger partial charge in [-0.05, 0) is 13.2 Å². The molecule has 1 aliphatic heterocycles. The number of alkyl halides is 2. The fourth-order valence-electron chi connectivity index (χ4n) is 0.956. The molecule has 0 saturated heterocycles. The monoisotopic (exact) mass is 262 g/mol. The third-order valence-corrected chi connectivity index (χ3v) is 2.81. The highest BCUT2D eigenvalue weighted by atomic mass is 79.9. The Hall–Kier alpha value is 0.505. The van der Waals surface area contributed by atoms with Gasteiger partial charge in [0.15, 0.2) is 0 Å². The van der Waals surface area contributed by atoms with Crippen molar-refractivity contribution in [2.45, 2.75) is 16.4 Å². The van der Waals surface area contributed by atoms with Crippen LogP contribution in [0.25, 0.3) is 0 Å². The van der Waals surface area contributed by atoms with Crippen LogP contribution in [0.15, 0.2) is 24.2 Å². The van der Waals surface area contributed by atoms with E-state index in [1.165, 1.54) is 0 Å². The molecular weight excluding hydrogens is 255 g/mol. The zero-order valence-electron chi connectivity index (χ0n) is 5.85. The van der Waals surface area contributed by atoms with Gasteiger partial charge in [-0.3, -0.25) is 0 Å². The van der Waals surface area contributed by atoms with E-state index in [1.807, 2.05) is 0 Å². The quantitative estimate of drug-likeness (QED) is 0.504. The van der Waals surface area contributed by atoms with Crippen molar-refractivity contribution < 1.29 is 0 Å². The van der Waals surface area contributed by atoms with Gasteiger partial charge < -0.3 is 0 Å². The van der Waals surface area contributed by atoms with Crippen molar-refractivity contribution in [2.75, 3.05) is 0 Å². The second kappa shape index (κ2) is 3.27. The maximum Gasteiger partial charge on any atom is 0.202 e. The van der Waals surface area contributed by atoms with Crippen molar-refractivity contribution in [1.82, 2.24) is 0 Å². The molecule has 0 aromatic heterocycles. The van der Waals surface area contributed by atoms with Crippen LogP contribution in [0.3, 0.4) is 0 Å². The van der Waals surface area contributed by atoms with Gasteiger partial charge in [0.2, 0.25) is 6.71 Å². The van der Waals surface area contributed by atoms with Crippen molar-refractivity contribution in [3.8, 4) is 0 Å². The first-order chi connectivity index (χ1) is 4.61. The molecule has 0 aromatic carbocycles. The van der Waals surface area contributed by atoms with Gasteiger partial charge in [-0.1, -0.05) is 50.1 Å². The largest absolute Gasteiger partial charge is 0.202 e. The first-order valence-corrected chi connectivity index (χ1v) is 4.90. The highest BCUT2D eigenvalue weighted by Crippen LogP contribution is 2.31.